The topological polar surface area (TPSA) is 108 Å². The number of aromatic nitrogens is 3. The lowest BCUT2D eigenvalue weighted by atomic mass is 9.93. The van der Waals surface area contributed by atoms with Crippen molar-refractivity contribution in [3.8, 4) is 11.6 Å². The van der Waals surface area contributed by atoms with Gasteiger partial charge >= 0.3 is 0 Å². The van der Waals surface area contributed by atoms with Crippen molar-refractivity contribution < 1.29 is 14.2 Å². The van der Waals surface area contributed by atoms with Gasteiger partial charge < -0.3 is 30.2 Å². The van der Waals surface area contributed by atoms with Gasteiger partial charge in [-0.15, -0.1) is 0 Å². The van der Waals surface area contributed by atoms with Crippen LogP contribution in [0.3, 0.4) is 0 Å². The smallest absolute Gasteiger partial charge is 0.223 e. The number of nitrogens with two attached hydrogens (primary N) is 1. The van der Waals surface area contributed by atoms with Gasteiger partial charge in [-0.2, -0.15) is 4.98 Å². The van der Waals surface area contributed by atoms with Crippen molar-refractivity contribution >= 4 is 22.5 Å². The first-order valence-electron chi connectivity index (χ1n) is 12.1. The molecule has 0 bridgehead atoms. The summed E-state index contributed by atoms with van der Waals surface area (Å²) in [5, 5.41) is 5.65. The molecule has 3 aromatic rings. The van der Waals surface area contributed by atoms with E-state index < -0.39 is 0 Å². The maximum Gasteiger partial charge on any atom is 0.223 e. The quantitative estimate of drug-likeness (QED) is 0.520. The van der Waals surface area contributed by atoms with E-state index in [-0.39, 0.29) is 6.10 Å². The monoisotopic (exact) mass is 464 g/mol. The number of fused-ring (bicyclic) bond motifs is 1. The average Bonchev–Trinajstić information content (AvgIpc) is 2.90. The molecule has 1 aromatic carbocycles. The van der Waals surface area contributed by atoms with Gasteiger partial charge in [0.2, 0.25) is 11.8 Å². The van der Waals surface area contributed by atoms with Crippen LogP contribution in [-0.4, -0.2) is 66.6 Å². The number of benzene rings is 1. The van der Waals surface area contributed by atoms with Crippen LogP contribution in [0.4, 0.5) is 11.8 Å². The Kier molecular flexibility index (Phi) is 7.21. The van der Waals surface area contributed by atoms with Crippen LogP contribution in [0, 0.1) is 0 Å². The molecule has 1 aliphatic carbocycles. The highest BCUT2D eigenvalue weighted by atomic mass is 16.5. The summed E-state index contributed by atoms with van der Waals surface area (Å²) in [5.41, 5.74) is 5.46. The van der Waals surface area contributed by atoms with Crippen LogP contribution in [0.1, 0.15) is 25.7 Å². The van der Waals surface area contributed by atoms with Crippen LogP contribution in [0.25, 0.3) is 10.8 Å². The Bertz CT molecular complexity index is 1070. The predicted molar refractivity (Wildman–Crippen MR) is 132 cm³/mol. The van der Waals surface area contributed by atoms with Crippen molar-refractivity contribution in [2.45, 2.75) is 37.8 Å². The van der Waals surface area contributed by atoms with E-state index in [1.165, 1.54) is 0 Å². The molecule has 1 aliphatic heterocycles. The molecule has 3 heterocycles. The Morgan fingerprint density at radius 2 is 1.82 bits per heavy atom. The fourth-order valence-electron chi connectivity index (χ4n) is 4.51. The Labute approximate surface area is 199 Å². The first-order valence-corrected chi connectivity index (χ1v) is 12.1. The minimum absolute atomic E-state index is 0.141. The Balaban J connectivity index is 1.21. The van der Waals surface area contributed by atoms with Gasteiger partial charge in [0.25, 0.3) is 0 Å². The summed E-state index contributed by atoms with van der Waals surface area (Å²) in [5.74, 6) is 2.94. The highest BCUT2D eigenvalue weighted by molar-refractivity contribution is 5.89. The third-order valence-corrected chi connectivity index (χ3v) is 6.33. The molecule has 180 valence electrons. The number of nitrogens with zero attached hydrogens (tertiary/aromatic N) is 4. The fraction of sp³-hybridized carbons (Fsp3) is 0.480. The Hall–Kier alpha value is -3.17. The second-order valence-electron chi connectivity index (χ2n) is 8.72. The van der Waals surface area contributed by atoms with Crippen LogP contribution in [0.15, 0.2) is 42.7 Å². The van der Waals surface area contributed by atoms with Gasteiger partial charge in [-0.3, -0.25) is 0 Å². The summed E-state index contributed by atoms with van der Waals surface area (Å²) < 4.78 is 17.4. The number of nitrogens with one attached hydrogen (secondary N) is 1. The van der Waals surface area contributed by atoms with Crippen molar-refractivity contribution in [1.29, 1.82) is 0 Å². The summed E-state index contributed by atoms with van der Waals surface area (Å²) in [6, 6.07) is 10.8. The lowest BCUT2D eigenvalue weighted by Gasteiger charge is -2.31. The maximum absolute atomic E-state index is 6.50. The Morgan fingerprint density at radius 1 is 1.06 bits per heavy atom. The van der Waals surface area contributed by atoms with E-state index >= 15 is 0 Å². The van der Waals surface area contributed by atoms with E-state index in [1.807, 2.05) is 6.07 Å². The summed E-state index contributed by atoms with van der Waals surface area (Å²) in [6.45, 7) is 4.09. The molecule has 0 atom stereocenters. The normalized spacial score (nSPS) is 20.8. The van der Waals surface area contributed by atoms with Crippen LogP contribution >= 0.6 is 0 Å². The second-order valence-corrected chi connectivity index (χ2v) is 8.72. The molecule has 2 fully saturated rings. The van der Waals surface area contributed by atoms with Crippen LogP contribution in [0.5, 0.6) is 11.6 Å². The molecule has 9 heteroatoms. The van der Waals surface area contributed by atoms with Crippen molar-refractivity contribution in [2.75, 3.05) is 49.7 Å². The number of hydrogen-bond acceptors (Lipinski definition) is 9. The van der Waals surface area contributed by atoms with Crippen LogP contribution in [0.2, 0.25) is 0 Å². The minimum atomic E-state index is 0.141. The number of rotatable bonds is 8. The molecule has 2 aromatic heterocycles. The van der Waals surface area contributed by atoms with Gasteiger partial charge in [0, 0.05) is 31.1 Å². The molecular formula is C25H32N6O3. The largest absolute Gasteiger partial charge is 0.489 e. The highest BCUT2D eigenvalue weighted by Gasteiger charge is 2.25. The van der Waals surface area contributed by atoms with E-state index in [9.17, 15) is 0 Å². The molecule has 3 N–H and O–H groups in total. The van der Waals surface area contributed by atoms with Crippen LogP contribution in [-0.2, 0) is 4.74 Å². The zero-order valence-corrected chi connectivity index (χ0v) is 19.4. The summed E-state index contributed by atoms with van der Waals surface area (Å²) in [4.78, 5) is 15.9. The highest BCUT2D eigenvalue weighted by Crippen LogP contribution is 2.32. The number of hydrogen-bond donors (Lipinski definition) is 2. The van der Waals surface area contributed by atoms with Crippen molar-refractivity contribution in [1.82, 2.24) is 15.0 Å². The maximum atomic E-state index is 6.50. The molecule has 1 saturated heterocycles. The molecule has 0 spiro atoms. The summed E-state index contributed by atoms with van der Waals surface area (Å²) in [6.07, 6.45) is 7.37. The summed E-state index contributed by atoms with van der Waals surface area (Å²) in [7, 11) is 0. The second kappa shape index (κ2) is 10.8. The number of morpholine rings is 1. The van der Waals surface area contributed by atoms with Gasteiger partial charge in [0.1, 0.15) is 18.5 Å². The van der Waals surface area contributed by atoms with Gasteiger partial charge in [0.15, 0.2) is 5.75 Å². The molecular weight excluding hydrogens is 432 g/mol. The van der Waals surface area contributed by atoms with E-state index in [0.29, 0.717) is 30.9 Å². The van der Waals surface area contributed by atoms with Gasteiger partial charge in [0.05, 0.1) is 25.6 Å². The zero-order chi connectivity index (χ0) is 23.2. The standard InChI is InChI=1S/C25H32N6O3/c26-9-12-33-21-16-27-25(28-17-21)29-19-5-7-20(8-6-19)34-24-22-4-2-1-3-18(22)15-23(30-24)31-10-13-32-14-11-31/h1-4,15-17,19-20H,5-14,26H2,(H,27,28,29). The van der Waals surface area contributed by atoms with E-state index in [1.54, 1.807) is 12.4 Å². The van der Waals surface area contributed by atoms with Gasteiger partial charge in [-0.1, -0.05) is 18.2 Å². The Morgan fingerprint density at radius 3 is 2.59 bits per heavy atom. The average molecular weight is 465 g/mol. The third-order valence-electron chi connectivity index (χ3n) is 6.33. The van der Waals surface area contributed by atoms with Gasteiger partial charge in [-0.25, -0.2) is 9.97 Å². The fourth-order valence-corrected chi connectivity index (χ4v) is 4.51. The first kappa shape index (κ1) is 22.6. The van der Waals surface area contributed by atoms with Crippen LogP contribution < -0.4 is 25.4 Å². The lowest BCUT2D eigenvalue weighted by Crippen LogP contribution is -2.37. The molecule has 5 rings (SSSR count). The SMILES string of the molecule is NCCOc1cnc(NC2CCC(Oc3nc(N4CCOCC4)cc4ccccc34)CC2)nc1. The molecule has 1 saturated carbocycles. The van der Waals surface area contributed by atoms with E-state index in [2.05, 4.69) is 44.5 Å². The lowest BCUT2D eigenvalue weighted by molar-refractivity contribution is 0.122. The zero-order valence-electron chi connectivity index (χ0n) is 19.4. The van der Waals surface area contributed by atoms with Crippen molar-refractivity contribution in [3.63, 3.8) is 0 Å². The summed E-state index contributed by atoms with van der Waals surface area (Å²) >= 11 is 0. The van der Waals surface area contributed by atoms with E-state index in [4.69, 9.17) is 24.9 Å². The van der Waals surface area contributed by atoms with Crippen molar-refractivity contribution in [2.24, 2.45) is 5.73 Å². The molecule has 0 amide bonds. The number of anilines is 2. The number of pyridine rings is 1. The van der Waals surface area contributed by atoms with Gasteiger partial charge in [-0.05, 0) is 43.2 Å². The minimum Gasteiger partial charge on any atom is -0.489 e. The number of ether oxygens (including phenoxy) is 3. The van der Waals surface area contributed by atoms with Crippen molar-refractivity contribution in [3.05, 3.63) is 42.7 Å². The van der Waals surface area contributed by atoms with E-state index in [0.717, 1.165) is 74.5 Å². The molecule has 0 radical (unpaired) electrons. The first-order chi connectivity index (χ1) is 16.8. The predicted octanol–water partition coefficient (Wildman–Crippen LogP) is 3.00. The molecule has 0 unspecified atom stereocenters. The third kappa shape index (κ3) is 5.48. The molecule has 34 heavy (non-hydrogen) atoms. The molecule has 2 aliphatic rings. The molecule has 9 nitrogen and oxygen atoms in total.